The van der Waals surface area contributed by atoms with Crippen LogP contribution in [0.5, 0.6) is 0 Å². The van der Waals surface area contributed by atoms with Crippen LogP contribution in [0.2, 0.25) is 0 Å². The molecule has 1 atom stereocenters. The van der Waals surface area contributed by atoms with Crippen LogP contribution >= 0.6 is 0 Å². The van der Waals surface area contributed by atoms with Crippen molar-refractivity contribution >= 4 is 13.6 Å². The molecular formula is C5H12BNO4. The summed E-state index contributed by atoms with van der Waals surface area (Å²) >= 11 is 0. The van der Waals surface area contributed by atoms with Crippen LogP contribution in [0.15, 0.2) is 0 Å². The number of hydrogen-bond acceptors (Lipinski definition) is 5. The molecule has 0 aromatic rings. The lowest BCUT2D eigenvalue weighted by atomic mass is 10.2. The normalized spacial score (nSPS) is 12.3. The Bertz CT molecular complexity index is 121. The zero-order valence-electron chi connectivity index (χ0n) is 6.66. The van der Waals surface area contributed by atoms with E-state index in [1.807, 2.05) is 0 Å². The first-order valence-electron chi connectivity index (χ1n) is 3.17. The number of esters is 1. The molecule has 0 aliphatic carbocycles. The molecule has 0 heterocycles. The number of rotatable bonds is 5. The number of carbonyl (C=O) groups is 1. The average Bonchev–Trinajstić information content (AvgIpc) is 2.05. The summed E-state index contributed by atoms with van der Waals surface area (Å²) < 4.78 is 9.02. The fourth-order valence-electron chi connectivity index (χ4n) is 0.549. The minimum Gasteiger partial charge on any atom is -0.468 e. The van der Waals surface area contributed by atoms with E-state index in [1.54, 1.807) is 0 Å². The van der Waals surface area contributed by atoms with Gasteiger partial charge in [-0.3, -0.25) is 4.79 Å². The highest BCUT2D eigenvalue weighted by atomic mass is 16.5. The van der Waals surface area contributed by atoms with Crippen molar-refractivity contribution < 1.29 is 19.3 Å². The molecule has 0 saturated carbocycles. The molecule has 64 valence electrons. The van der Waals surface area contributed by atoms with Gasteiger partial charge >= 0.3 is 13.6 Å². The van der Waals surface area contributed by atoms with Crippen molar-refractivity contribution in [3.05, 3.63) is 0 Å². The van der Waals surface area contributed by atoms with Gasteiger partial charge in [0.05, 0.1) is 13.7 Å². The Balaban J connectivity index is 3.65. The van der Waals surface area contributed by atoms with E-state index in [-0.39, 0.29) is 14.2 Å². The fourth-order valence-corrected chi connectivity index (χ4v) is 0.549. The van der Waals surface area contributed by atoms with E-state index in [1.165, 1.54) is 14.2 Å². The van der Waals surface area contributed by atoms with Gasteiger partial charge < -0.3 is 19.7 Å². The van der Waals surface area contributed by atoms with E-state index in [0.29, 0.717) is 0 Å². The monoisotopic (exact) mass is 161 g/mol. The van der Waals surface area contributed by atoms with E-state index >= 15 is 0 Å². The quantitative estimate of drug-likeness (QED) is 0.361. The highest BCUT2D eigenvalue weighted by Crippen LogP contribution is 1.84. The van der Waals surface area contributed by atoms with Crippen molar-refractivity contribution in [3.63, 3.8) is 0 Å². The topological polar surface area (TPSA) is 67.8 Å². The maximum atomic E-state index is 10.7. The van der Waals surface area contributed by atoms with Crippen molar-refractivity contribution in [2.45, 2.75) is 6.04 Å². The second-order valence-corrected chi connectivity index (χ2v) is 1.90. The third-order valence-corrected chi connectivity index (χ3v) is 1.14. The second-order valence-electron chi connectivity index (χ2n) is 1.90. The number of carbonyl (C=O) groups excluding carboxylic acids is 1. The minimum absolute atomic E-state index is 0.209. The van der Waals surface area contributed by atoms with Crippen LogP contribution in [0.25, 0.3) is 0 Å². The lowest BCUT2D eigenvalue weighted by molar-refractivity contribution is -0.143. The van der Waals surface area contributed by atoms with Gasteiger partial charge in [-0.05, 0) is 0 Å². The summed E-state index contributed by atoms with van der Waals surface area (Å²) in [5.41, 5.74) is 0. The van der Waals surface area contributed by atoms with Crippen LogP contribution in [0.1, 0.15) is 0 Å². The first-order chi connectivity index (χ1) is 5.26. The Hall–Kier alpha value is -0.585. The smallest absolute Gasteiger partial charge is 0.361 e. The van der Waals surface area contributed by atoms with Crippen molar-refractivity contribution in [1.29, 1.82) is 0 Å². The maximum Gasteiger partial charge on any atom is 0.361 e. The Morgan fingerprint density at radius 1 is 1.73 bits per heavy atom. The van der Waals surface area contributed by atoms with Gasteiger partial charge in [0.2, 0.25) is 0 Å². The molecule has 0 radical (unpaired) electrons. The Morgan fingerprint density at radius 3 is 2.73 bits per heavy atom. The summed E-state index contributed by atoms with van der Waals surface area (Å²) in [5, 5.41) is 11.3. The van der Waals surface area contributed by atoms with E-state index in [2.05, 4.69) is 14.6 Å². The predicted molar refractivity (Wildman–Crippen MR) is 40.2 cm³/mol. The zero-order valence-corrected chi connectivity index (χ0v) is 6.66. The molecule has 0 aliphatic rings. The molecule has 0 bridgehead atoms. The van der Waals surface area contributed by atoms with Crippen molar-refractivity contribution in [3.8, 4) is 0 Å². The first-order valence-corrected chi connectivity index (χ1v) is 3.17. The number of nitrogens with one attached hydrogen (secondary N) is 1. The predicted octanol–water partition coefficient (Wildman–Crippen LogP) is -1.98. The lowest BCUT2D eigenvalue weighted by Crippen LogP contribution is -2.43. The SMILES string of the molecule is COBN[C@H](CO)C(=O)OC. The summed E-state index contributed by atoms with van der Waals surface area (Å²) in [6, 6.07) is -0.694. The molecule has 6 heteroatoms. The molecule has 0 saturated heterocycles. The summed E-state index contributed by atoms with van der Waals surface area (Å²) in [4.78, 5) is 10.7. The molecule has 11 heavy (non-hydrogen) atoms. The van der Waals surface area contributed by atoms with Gasteiger partial charge in [0.1, 0.15) is 6.04 Å². The second kappa shape index (κ2) is 6.15. The summed E-state index contributed by atoms with van der Waals surface area (Å²) in [6.07, 6.45) is 0. The number of methoxy groups -OCH3 is 1. The van der Waals surface area contributed by atoms with Crippen LogP contribution in [-0.4, -0.2) is 45.6 Å². The number of aliphatic hydroxyl groups is 1. The van der Waals surface area contributed by atoms with Gasteiger partial charge in [-0.15, -0.1) is 0 Å². The zero-order chi connectivity index (χ0) is 8.69. The van der Waals surface area contributed by atoms with Gasteiger partial charge in [-0.1, -0.05) is 0 Å². The molecular weight excluding hydrogens is 149 g/mol. The van der Waals surface area contributed by atoms with Crippen molar-refractivity contribution in [2.75, 3.05) is 20.8 Å². The van der Waals surface area contributed by atoms with Gasteiger partial charge in [0.25, 0.3) is 0 Å². The molecule has 0 amide bonds. The molecule has 0 rings (SSSR count). The van der Waals surface area contributed by atoms with Crippen LogP contribution < -0.4 is 5.23 Å². The maximum absolute atomic E-state index is 10.7. The van der Waals surface area contributed by atoms with Crippen LogP contribution in [0.3, 0.4) is 0 Å². The van der Waals surface area contributed by atoms with E-state index in [9.17, 15) is 4.79 Å². The third-order valence-electron chi connectivity index (χ3n) is 1.14. The van der Waals surface area contributed by atoms with Crippen molar-refractivity contribution in [1.82, 2.24) is 5.23 Å². The molecule has 0 aromatic carbocycles. The fraction of sp³-hybridized carbons (Fsp3) is 0.800. The summed E-state index contributed by atoms with van der Waals surface area (Å²) in [6.45, 7) is -0.296. The Labute approximate surface area is 66.0 Å². The van der Waals surface area contributed by atoms with Crippen LogP contribution in [0, 0.1) is 0 Å². The van der Waals surface area contributed by atoms with Gasteiger partial charge in [-0.2, -0.15) is 0 Å². The Kier molecular flexibility index (Phi) is 5.82. The number of aliphatic hydroxyl groups excluding tert-OH is 1. The van der Waals surface area contributed by atoms with Crippen LogP contribution in [0.4, 0.5) is 0 Å². The molecule has 0 aliphatic heterocycles. The highest BCUT2D eigenvalue weighted by Gasteiger charge is 2.16. The Morgan fingerprint density at radius 2 is 2.36 bits per heavy atom. The van der Waals surface area contributed by atoms with E-state index < -0.39 is 12.0 Å². The third kappa shape index (κ3) is 3.97. The van der Waals surface area contributed by atoms with E-state index in [4.69, 9.17) is 5.11 Å². The number of ether oxygens (including phenoxy) is 1. The molecule has 5 nitrogen and oxygen atoms in total. The van der Waals surface area contributed by atoms with E-state index in [0.717, 1.165) is 0 Å². The number of hydrogen-bond donors (Lipinski definition) is 2. The van der Waals surface area contributed by atoms with Crippen LogP contribution in [-0.2, 0) is 14.2 Å². The average molecular weight is 161 g/mol. The van der Waals surface area contributed by atoms with Gasteiger partial charge in [0.15, 0.2) is 0 Å². The summed E-state index contributed by atoms with van der Waals surface area (Å²) in [5.74, 6) is -0.496. The largest absolute Gasteiger partial charge is 0.468 e. The van der Waals surface area contributed by atoms with Crippen molar-refractivity contribution in [2.24, 2.45) is 0 Å². The molecule has 0 unspecified atom stereocenters. The summed E-state index contributed by atoms with van der Waals surface area (Å²) in [7, 11) is 2.96. The first kappa shape index (κ1) is 10.4. The lowest BCUT2D eigenvalue weighted by Gasteiger charge is -2.11. The minimum atomic E-state index is -0.694. The molecule has 0 fully saturated rings. The molecule has 0 spiro atoms. The highest BCUT2D eigenvalue weighted by molar-refractivity contribution is 6.24. The van der Waals surface area contributed by atoms with Gasteiger partial charge in [0, 0.05) is 7.11 Å². The van der Waals surface area contributed by atoms with Gasteiger partial charge in [-0.25, -0.2) is 0 Å². The standard InChI is InChI=1S/C5H12BNO4/c1-10-5(9)4(3-8)7-6-11-2/h4,6-8H,3H2,1-2H3/t4-/m1/s1. The molecule has 2 N–H and O–H groups in total. The molecule has 0 aromatic heterocycles.